The van der Waals surface area contributed by atoms with Gasteiger partial charge in [0.1, 0.15) is 5.75 Å². The molecule has 1 heterocycles. The first-order chi connectivity index (χ1) is 15.7. The molecule has 0 saturated carbocycles. The van der Waals surface area contributed by atoms with Crippen molar-refractivity contribution in [3.8, 4) is 11.4 Å². The highest BCUT2D eigenvalue weighted by Crippen LogP contribution is 2.31. The molecule has 1 N–H and O–H groups in total. The Morgan fingerprint density at radius 2 is 1.94 bits per heavy atom. The van der Waals surface area contributed by atoms with Gasteiger partial charge >= 0.3 is 6.18 Å². The van der Waals surface area contributed by atoms with Crippen molar-refractivity contribution in [1.29, 1.82) is 0 Å². The molecule has 1 amide bonds. The van der Waals surface area contributed by atoms with Crippen LogP contribution in [0.2, 0.25) is 5.02 Å². The van der Waals surface area contributed by atoms with Crippen LogP contribution in [0.3, 0.4) is 0 Å². The van der Waals surface area contributed by atoms with E-state index in [9.17, 15) is 18.0 Å². The second kappa shape index (κ2) is 9.09. The number of alkyl halides is 3. The molecule has 0 aliphatic heterocycles. The van der Waals surface area contributed by atoms with Crippen LogP contribution in [0.1, 0.15) is 47.3 Å². The van der Waals surface area contributed by atoms with Crippen molar-refractivity contribution in [2.45, 2.75) is 44.8 Å². The first-order valence-corrected chi connectivity index (χ1v) is 10.9. The van der Waals surface area contributed by atoms with Crippen molar-refractivity contribution in [1.82, 2.24) is 15.1 Å². The Kier molecular flexibility index (Phi) is 6.38. The Morgan fingerprint density at radius 1 is 1.18 bits per heavy atom. The van der Waals surface area contributed by atoms with E-state index in [1.807, 2.05) is 6.07 Å². The fourth-order valence-electron chi connectivity index (χ4n) is 4.04. The van der Waals surface area contributed by atoms with Gasteiger partial charge in [-0.3, -0.25) is 4.79 Å². The summed E-state index contributed by atoms with van der Waals surface area (Å²) in [6, 6.07) is 11.5. The third-order valence-corrected chi connectivity index (χ3v) is 6.09. The van der Waals surface area contributed by atoms with E-state index >= 15 is 0 Å². The molecule has 3 aromatic rings. The lowest BCUT2D eigenvalue weighted by molar-refractivity contribution is -0.141. The molecule has 0 fully saturated rings. The SMILES string of the molecule is COc1cc(Cl)cc(-n2nc(C(F)(F)F)cc2CNC(=O)C(C)c2ccc3c(c2)CCC3)c1. The Hall–Kier alpha value is -3.00. The largest absolute Gasteiger partial charge is 0.497 e. The van der Waals surface area contributed by atoms with Crippen LogP contribution in [0.4, 0.5) is 13.2 Å². The number of aryl methyl sites for hydroxylation is 2. The fraction of sp³-hybridized carbons (Fsp3) is 0.333. The number of hydrogen-bond donors (Lipinski definition) is 1. The molecule has 1 atom stereocenters. The zero-order chi connectivity index (χ0) is 23.8. The molecule has 1 aromatic heterocycles. The number of rotatable bonds is 6. The average Bonchev–Trinajstić information content (AvgIpc) is 3.42. The number of halogens is 4. The summed E-state index contributed by atoms with van der Waals surface area (Å²) in [5, 5.41) is 6.75. The van der Waals surface area contributed by atoms with E-state index in [0.717, 1.165) is 35.6 Å². The minimum absolute atomic E-state index is 0.133. The van der Waals surface area contributed by atoms with Crippen molar-refractivity contribution in [2.24, 2.45) is 0 Å². The van der Waals surface area contributed by atoms with E-state index in [0.29, 0.717) is 11.4 Å². The van der Waals surface area contributed by atoms with Crippen LogP contribution in [0.15, 0.2) is 42.5 Å². The van der Waals surface area contributed by atoms with Crippen LogP contribution in [0.5, 0.6) is 5.75 Å². The third-order valence-electron chi connectivity index (χ3n) is 5.87. The Morgan fingerprint density at radius 3 is 2.67 bits per heavy atom. The van der Waals surface area contributed by atoms with Crippen molar-refractivity contribution >= 4 is 17.5 Å². The molecule has 9 heteroatoms. The highest BCUT2D eigenvalue weighted by Gasteiger charge is 2.35. The van der Waals surface area contributed by atoms with Crippen LogP contribution in [-0.4, -0.2) is 22.8 Å². The van der Waals surface area contributed by atoms with E-state index in [-0.39, 0.29) is 23.2 Å². The number of ether oxygens (including phenoxy) is 1. The highest BCUT2D eigenvalue weighted by molar-refractivity contribution is 6.30. The fourth-order valence-corrected chi connectivity index (χ4v) is 4.26. The van der Waals surface area contributed by atoms with Gasteiger partial charge in [0.25, 0.3) is 0 Å². The van der Waals surface area contributed by atoms with E-state index < -0.39 is 17.8 Å². The van der Waals surface area contributed by atoms with Crippen LogP contribution in [0, 0.1) is 0 Å². The number of aromatic nitrogens is 2. The smallest absolute Gasteiger partial charge is 0.435 e. The standard InChI is InChI=1S/C24H23ClF3N3O2/c1-14(16-7-6-15-4-3-5-17(15)8-16)23(32)29-13-20-12-22(24(26,27)28)30-31(20)19-9-18(25)10-21(11-19)33-2/h6-12,14H,3-5,13H2,1-2H3,(H,29,32). The summed E-state index contributed by atoms with van der Waals surface area (Å²) in [5.74, 6) is -0.347. The molecular weight excluding hydrogens is 455 g/mol. The zero-order valence-electron chi connectivity index (χ0n) is 18.2. The van der Waals surface area contributed by atoms with E-state index in [1.54, 1.807) is 13.0 Å². The summed E-state index contributed by atoms with van der Waals surface area (Å²) >= 11 is 6.09. The van der Waals surface area contributed by atoms with E-state index in [2.05, 4.69) is 22.5 Å². The number of benzene rings is 2. The molecule has 5 nitrogen and oxygen atoms in total. The molecule has 0 spiro atoms. The maximum absolute atomic E-state index is 13.4. The molecule has 2 aromatic carbocycles. The predicted octanol–water partition coefficient (Wildman–Crippen LogP) is 5.46. The lowest BCUT2D eigenvalue weighted by Gasteiger charge is -2.15. The summed E-state index contributed by atoms with van der Waals surface area (Å²) in [5.41, 5.74) is 2.86. The first kappa shape index (κ1) is 23.2. The Labute approximate surface area is 194 Å². The van der Waals surface area contributed by atoms with Gasteiger partial charge in [0.15, 0.2) is 5.69 Å². The Balaban J connectivity index is 1.57. The normalized spacial score (nSPS) is 14.1. The van der Waals surface area contributed by atoms with Crippen LogP contribution in [0.25, 0.3) is 5.69 Å². The van der Waals surface area contributed by atoms with Crippen molar-refractivity contribution in [3.05, 3.63) is 75.6 Å². The van der Waals surface area contributed by atoms with E-state index in [4.69, 9.17) is 16.3 Å². The summed E-state index contributed by atoms with van der Waals surface area (Å²) in [6.07, 6.45) is -1.47. The first-order valence-electron chi connectivity index (χ1n) is 10.6. The van der Waals surface area contributed by atoms with Crippen LogP contribution in [-0.2, 0) is 30.4 Å². The number of amides is 1. The lowest BCUT2D eigenvalue weighted by atomic mass is 9.96. The number of carbonyl (C=O) groups is 1. The van der Waals surface area contributed by atoms with Gasteiger partial charge in [-0.15, -0.1) is 0 Å². The average molecular weight is 478 g/mol. The Bertz CT molecular complexity index is 1190. The number of fused-ring (bicyclic) bond motifs is 1. The van der Waals surface area contributed by atoms with Crippen LogP contribution < -0.4 is 10.1 Å². The summed E-state index contributed by atoms with van der Waals surface area (Å²) < 4.78 is 46.4. The quantitative estimate of drug-likeness (QED) is 0.513. The van der Waals surface area contributed by atoms with Gasteiger partial charge in [-0.1, -0.05) is 29.8 Å². The van der Waals surface area contributed by atoms with Crippen LogP contribution >= 0.6 is 11.6 Å². The molecular formula is C24H23ClF3N3O2. The topological polar surface area (TPSA) is 56.1 Å². The minimum atomic E-state index is -4.63. The molecule has 1 unspecified atom stereocenters. The molecule has 0 radical (unpaired) electrons. The van der Waals surface area contributed by atoms with Crippen molar-refractivity contribution in [3.63, 3.8) is 0 Å². The third kappa shape index (κ3) is 5.00. The number of nitrogens with zero attached hydrogens (tertiary/aromatic N) is 2. The highest BCUT2D eigenvalue weighted by atomic mass is 35.5. The summed E-state index contributed by atoms with van der Waals surface area (Å²) in [4.78, 5) is 12.8. The van der Waals surface area contributed by atoms with Gasteiger partial charge in [-0.2, -0.15) is 18.3 Å². The molecule has 1 aliphatic carbocycles. The maximum Gasteiger partial charge on any atom is 0.435 e. The van der Waals surface area contributed by atoms with Gasteiger partial charge in [0, 0.05) is 11.1 Å². The monoisotopic (exact) mass is 477 g/mol. The molecule has 174 valence electrons. The van der Waals surface area contributed by atoms with E-state index in [1.165, 1.54) is 30.4 Å². The zero-order valence-corrected chi connectivity index (χ0v) is 18.9. The van der Waals surface area contributed by atoms with Crippen molar-refractivity contribution < 1.29 is 22.7 Å². The van der Waals surface area contributed by atoms with Gasteiger partial charge in [0.2, 0.25) is 5.91 Å². The summed E-state index contributed by atoms with van der Waals surface area (Å²) in [7, 11) is 1.43. The maximum atomic E-state index is 13.4. The molecule has 0 bridgehead atoms. The second-order valence-electron chi connectivity index (χ2n) is 8.10. The van der Waals surface area contributed by atoms with Crippen molar-refractivity contribution in [2.75, 3.05) is 7.11 Å². The lowest BCUT2D eigenvalue weighted by Crippen LogP contribution is -2.28. The summed E-state index contributed by atoms with van der Waals surface area (Å²) in [6.45, 7) is 1.65. The number of nitrogens with one attached hydrogen (secondary N) is 1. The van der Waals surface area contributed by atoms with Gasteiger partial charge in [0.05, 0.1) is 31.0 Å². The van der Waals surface area contributed by atoms with Gasteiger partial charge in [-0.25, -0.2) is 4.68 Å². The molecule has 0 saturated heterocycles. The van der Waals surface area contributed by atoms with Gasteiger partial charge < -0.3 is 10.1 Å². The number of methoxy groups -OCH3 is 1. The predicted molar refractivity (Wildman–Crippen MR) is 119 cm³/mol. The van der Waals surface area contributed by atoms with Gasteiger partial charge in [-0.05, 0) is 61.1 Å². The molecule has 1 aliphatic rings. The number of carbonyl (C=O) groups excluding carboxylic acids is 1. The minimum Gasteiger partial charge on any atom is -0.497 e. The second-order valence-corrected chi connectivity index (χ2v) is 8.54. The molecule has 33 heavy (non-hydrogen) atoms. The number of hydrogen-bond acceptors (Lipinski definition) is 3. The molecule has 4 rings (SSSR count).